The van der Waals surface area contributed by atoms with Crippen molar-refractivity contribution in [1.82, 2.24) is 15.0 Å². The minimum Gasteiger partial charge on any atom is -0.311 e. The summed E-state index contributed by atoms with van der Waals surface area (Å²) >= 11 is 0. The van der Waals surface area contributed by atoms with Gasteiger partial charge < -0.3 is 4.98 Å². The van der Waals surface area contributed by atoms with E-state index in [1.165, 1.54) is 0 Å². The van der Waals surface area contributed by atoms with Gasteiger partial charge >= 0.3 is 5.69 Å². The Balaban J connectivity index is 2.43. The molecule has 0 bridgehead atoms. The molecular weight excluding hydrogens is 206 g/mol. The van der Waals surface area contributed by atoms with Crippen LogP contribution in [0.1, 0.15) is 17.0 Å². The molecule has 2 N–H and O–H groups in total. The van der Waals surface area contributed by atoms with Gasteiger partial charge in [-0.1, -0.05) is 6.07 Å². The van der Waals surface area contributed by atoms with E-state index in [1.54, 1.807) is 13.1 Å². The molecule has 5 nitrogen and oxygen atoms in total. The zero-order chi connectivity index (χ0) is 11.5. The Labute approximate surface area is 91.2 Å². The zero-order valence-corrected chi connectivity index (χ0v) is 8.78. The van der Waals surface area contributed by atoms with Crippen LogP contribution in [0.25, 0.3) is 0 Å². The molecular formula is C11H11N3O2. The Morgan fingerprint density at radius 3 is 2.69 bits per heavy atom. The van der Waals surface area contributed by atoms with Gasteiger partial charge in [-0.05, 0) is 19.1 Å². The van der Waals surface area contributed by atoms with Crippen LogP contribution in [0.2, 0.25) is 0 Å². The highest BCUT2D eigenvalue weighted by Crippen LogP contribution is 2.03. The number of aromatic amines is 2. The maximum atomic E-state index is 11.6. The van der Waals surface area contributed by atoms with Crippen LogP contribution < -0.4 is 11.2 Å². The van der Waals surface area contributed by atoms with Crippen LogP contribution in [0.4, 0.5) is 0 Å². The molecule has 0 amide bonds. The van der Waals surface area contributed by atoms with Crippen molar-refractivity contribution >= 4 is 0 Å². The molecule has 0 fully saturated rings. The second-order valence-electron chi connectivity index (χ2n) is 3.51. The molecule has 0 unspecified atom stereocenters. The average molecular weight is 217 g/mol. The molecule has 2 aromatic heterocycles. The van der Waals surface area contributed by atoms with Crippen LogP contribution >= 0.6 is 0 Å². The first kappa shape index (κ1) is 10.4. The van der Waals surface area contributed by atoms with E-state index in [0.29, 0.717) is 17.7 Å². The first-order valence-corrected chi connectivity index (χ1v) is 4.89. The summed E-state index contributed by atoms with van der Waals surface area (Å²) in [6.07, 6.45) is 2.09. The van der Waals surface area contributed by atoms with E-state index < -0.39 is 5.69 Å². The van der Waals surface area contributed by atoms with Crippen molar-refractivity contribution in [3.63, 3.8) is 0 Å². The van der Waals surface area contributed by atoms with Crippen molar-refractivity contribution in [2.24, 2.45) is 0 Å². The van der Waals surface area contributed by atoms with Crippen molar-refractivity contribution in [1.29, 1.82) is 0 Å². The lowest BCUT2D eigenvalue weighted by Crippen LogP contribution is -2.27. The van der Waals surface area contributed by atoms with E-state index in [9.17, 15) is 9.59 Å². The van der Waals surface area contributed by atoms with Crippen molar-refractivity contribution in [3.05, 3.63) is 62.2 Å². The quantitative estimate of drug-likeness (QED) is 0.762. The van der Waals surface area contributed by atoms with Crippen LogP contribution in [-0.4, -0.2) is 15.0 Å². The SMILES string of the molecule is Cc1[nH]c(=O)[nH]c(=O)c1Cc1ccccn1. The zero-order valence-electron chi connectivity index (χ0n) is 8.78. The number of H-pyrrole nitrogens is 2. The van der Waals surface area contributed by atoms with Crippen LogP contribution in [0.15, 0.2) is 34.0 Å². The van der Waals surface area contributed by atoms with Crippen LogP contribution in [0.5, 0.6) is 0 Å². The number of nitrogens with one attached hydrogen (secondary N) is 2. The number of nitrogens with zero attached hydrogens (tertiary/aromatic N) is 1. The standard InChI is InChI=1S/C11H11N3O2/c1-7-9(10(15)14-11(16)13-7)6-8-4-2-3-5-12-8/h2-5H,6H2,1H3,(H2,13,14,15,16). The molecule has 0 aliphatic rings. The van der Waals surface area contributed by atoms with Gasteiger partial charge in [0, 0.05) is 29.6 Å². The maximum absolute atomic E-state index is 11.6. The molecule has 0 aromatic carbocycles. The highest BCUT2D eigenvalue weighted by molar-refractivity contribution is 5.21. The number of aromatic nitrogens is 3. The molecule has 2 aromatic rings. The molecule has 16 heavy (non-hydrogen) atoms. The number of hydrogen-bond donors (Lipinski definition) is 2. The monoisotopic (exact) mass is 217 g/mol. The lowest BCUT2D eigenvalue weighted by Gasteiger charge is -2.02. The van der Waals surface area contributed by atoms with E-state index in [4.69, 9.17) is 0 Å². The molecule has 0 radical (unpaired) electrons. The summed E-state index contributed by atoms with van der Waals surface area (Å²) in [6.45, 7) is 1.70. The lowest BCUT2D eigenvalue weighted by molar-refractivity contribution is 0.920. The molecule has 0 saturated heterocycles. The second kappa shape index (κ2) is 4.14. The molecule has 2 heterocycles. The first-order valence-electron chi connectivity index (χ1n) is 4.89. The van der Waals surface area contributed by atoms with Gasteiger partial charge in [0.05, 0.1) is 0 Å². The lowest BCUT2D eigenvalue weighted by atomic mass is 10.1. The van der Waals surface area contributed by atoms with Gasteiger partial charge in [0.25, 0.3) is 5.56 Å². The minimum atomic E-state index is -0.479. The van der Waals surface area contributed by atoms with Crippen molar-refractivity contribution in [3.8, 4) is 0 Å². The van der Waals surface area contributed by atoms with E-state index in [2.05, 4.69) is 15.0 Å². The molecule has 5 heteroatoms. The Bertz CT molecular complexity index is 599. The Hall–Kier alpha value is -2.17. The Morgan fingerprint density at radius 2 is 2.06 bits per heavy atom. The van der Waals surface area contributed by atoms with Crippen LogP contribution in [0, 0.1) is 6.92 Å². The van der Waals surface area contributed by atoms with Crippen molar-refractivity contribution in [2.75, 3.05) is 0 Å². The number of hydrogen-bond acceptors (Lipinski definition) is 3. The van der Waals surface area contributed by atoms with Crippen molar-refractivity contribution < 1.29 is 0 Å². The molecule has 0 aliphatic carbocycles. The average Bonchev–Trinajstić information content (AvgIpc) is 2.25. The summed E-state index contributed by atoms with van der Waals surface area (Å²) in [5.74, 6) is 0. The van der Waals surface area contributed by atoms with E-state index in [-0.39, 0.29) is 5.56 Å². The first-order chi connectivity index (χ1) is 7.66. The summed E-state index contributed by atoms with van der Waals surface area (Å²) in [7, 11) is 0. The predicted molar refractivity (Wildman–Crippen MR) is 59.5 cm³/mol. The summed E-state index contributed by atoms with van der Waals surface area (Å²) in [5, 5.41) is 0. The third-order valence-electron chi connectivity index (χ3n) is 2.34. The molecule has 82 valence electrons. The number of aryl methyl sites for hydroxylation is 1. The minimum absolute atomic E-state index is 0.355. The van der Waals surface area contributed by atoms with Gasteiger partial charge in [0.2, 0.25) is 0 Å². The van der Waals surface area contributed by atoms with Gasteiger partial charge in [-0.3, -0.25) is 14.8 Å². The van der Waals surface area contributed by atoms with Gasteiger partial charge in [-0.15, -0.1) is 0 Å². The summed E-state index contributed by atoms with van der Waals surface area (Å²) in [6, 6.07) is 5.51. The topological polar surface area (TPSA) is 78.6 Å². The number of rotatable bonds is 2. The number of pyridine rings is 1. The van der Waals surface area contributed by atoms with Gasteiger partial charge in [-0.2, -0.15) is 0 Å². The summed E-state index contributed by atoms with van der Waals surface area (Å²) < 4.78 is 0. The highest BCUT2D eigenvalue weighted by Gasteiger charge is 2.06. The largest absolute Gasteiger partial charge is 0.325 e. The second-order valence-corrected chi connectivity index (χ2v) is 3.51. The van der Waals surface area contributed by atoms with Crippen LogP contribution in [-0.2, 0) is 6.42 Å². The highest BCUT2D eigenvalue weighted by atomic mass is 16.2. The Kier molecular flexibility index (Phi) is 2.68. The Morgan fingerprint density at radius 1 is 1.25 bits per heavy atom. The van der Waals surface area contributed by atoms with E-state index in [1.807, 2.05) is 18.2 Å². The van der Waals surface area contributed by atoms with Crippen molar-refractivity contribution in [2.45, 2.75) is 13.3 Å². The normalized spacial score (nSPS) is 10.3. The third kappa shape index (κ3) is 2.08. The fourth-order valence-electron chi connectivity index (χ4n) is 1.52. The maximum Gasteiger partial charge on any atom is 0.325 e. The molecule has 0 saturated carbocycles. The predicted octanol–water partition coefficient (Wildman–Crippen LogP) is 0.357. The van der Waals surface area contributed by atoms with Gasteiger partial charge in [0.1, 0.15) is 0 Å². The molecule has 2 rings (SSSR count). The fourth-order valence-corrected chi connectivity index (χ4v) is 1.52. The van der Waals surface area contributed by atoms with E-state index in [0.717, 1.165) is 5.69 Å². The smallest absolute Gasteiger partial charge is 0.311 e. The summed E-state index contributed by atoms with van der Waals surface area (Å²) in [5.41, 5.74) is 1.08. The molecule has 0 aliphatic heterocycles. The van der Waals surface area contributed by atoms with Gasteiger partial charge in [-0.25, -0.2) is 4.79 Å². The van der Waals surface area contributed by atoms with Crippen LogP contribution in [0.3, 0.4) is 0 Å². The fraction of sp³-hybridized carbons (Fsp3) is 0.182. The van der Waals surface area contributed by atoms with Gasteiger partial charge in [0.15, 0.2) is 0 Å². The molecule has 0 spiro atoms. The third-order valence-corrected chi connectivity index (χ3v) is 2.34. The summed E-state index contributed by atoms with van der Waals surface area (Å²) in [4.78, 5) is 31.5. The molecule has 0 atom stereocenters. The van der Waals surface area contributed by atoms with E-state index >= 15 is 0 Å².